The maximum atomic E-state index is 13.7. The summed E-state index contributed by atoms with van der Waals surface area (Å²) in [5, 5.41) is 5.03. The molecule has 0 aliphatic rings. The maximum Gasteiger partial charge on any atom is 0.269 e. The van der Waals surface area contributed by atoms with Crippen molar-refractivity contribution in [1.82, 2.24) is 19.3 Å². The summed E-state index contributed by atoms with van der Waals surface area (Å²) in [6.45, 7) is 2.52. The Kier molecular flexibility index (Phi) is 5.33. The van der Waals surface area contributed by atoms with Crippen LogP contribution in [0.1, 0.15) is 6.92 Å². The lowest BCUT2D eigenvalue weighted by atomic mass is 10.2. The Balaban J connectivity index is 1.75. The first-order valence-corrected chi connectivity index (χ1v) is 11.0. The number of hydrogen-bond acceptors (Lipinski definition) is 4. The number of rotatable bonds is 5. The van der Waals surface area contributed by atoms with Gasteiger partial charge in [0, 0.05) is 16.2 Å². The Hall–Kier alpha value is -3.71. The van der Waals surface area contributed by atoms with Gasteiger partial charge in [-0.1, -0.05) is 46.3 Å². The molecule has 0 fully saturated rings. The standard InChI is InChI=1S/C25H19BrN4O2/c1-2-32-21-14-12-20(13-15-21)30-24(17-8-10-18(26)11-9-17)27-23-22(25(30)31)16-29(28-23)19-6-4-3-5-7-19/h3-16H,2H2,1H3. The summed E-state index contributed by atoms with van der Waals surface area (Å²) < 4.78 is 9.82. The molecule has 0 unspecified atom stereocenters. The summed E-state index contributed by atoms with van der Waals surface area (Å²) in [6.07, 6.45) is 1.73. The van der Waals surface area contributed by atoms with Crippen LogP contribution in [0, 0.1) is 0 Å². The molecule has 0 radical (unpaired) electrons. The van der Waals surface area contributed by atoms with Gasteiger partial charge in [0.05, 0.1) is 18.0 Å². The highest BCUT2D eigenvalue weighted by Crippen LogP contribution is 2.25. The van der Waals surface area contributed by atoms with Crippen LogP contribution in [0.25, 0.3) is 33.8 Å². The summed E-state index contributed by atoms with van der Waals surface area (Å²) >= 11 is 3.47. The third kappa shape index (κ3) is 3.71. The first-order chi connectivity index (χ1) is 15.6. The normalized spacial score (nSPS) is 11.1. The Labute approximate surface area is 192 Å². The number of para-hydroxylation sites is 1. The molecule has 0 N–H and O–H groups in total. The lowest BCUT2D eigenvalue weighted by Crippen LogP contribution is -2.21. The van der Waals surface area contributed by atoms with E-state index in [1.54, 1.807) is 15.4 Å². The quantitative estimate of drug-likeness (QED) is 0.333. The lowest BCUT2D eigenvalue weighted by molar-refractivity contribution is 0.340. The van der Waals surface area contributed by atoms with E-state index in [2.05, 4.69) is 21.0 Å². The van der Waals surface area contributed by atoms with E-state index in [0.717, 1.165) is 21.5 Å². The minimum atomic E-state index is -0.181. The SMILES string of the molecule is CCOc1ccc(-n2c(-c3ccc(Br)cc3)nc3nn(-c4ccccc4)cc3c2=O)cc1. The van der Waals surface area contributed by atoms with Crippen molar-refractivity contribution >= 4 is 27.0 Å². The topological polar surface area (TPSA) is 61.9 Å². The summed E-state index contributed by atoms with van der Waals surface area (Å²) in [6, 6.07) is 24.8. The molecule has 2 heterocycles. The molecule has 0 bridgehead atoms. The second-order valence-corrected chi connectivity index (χ2v) is 8.07. The fourth-order valence-corrected chi connectivity index (χ4v) is 3.83. The average Bonchev–Trinajstić information content (AvgIpc) is 3.26. The van der Waals surface area contributed by atoms with Crippen LogP contribution in [0.15, 0.2) is 94.3 Å². The molecule has 0 saturated carbocycles. The minimum absolute atomic E-state index is 0.181. The van der Waals surface area contributed by atoms with Crippen LogP contribution < -0.4 is 10.3 Å². The van der Waals surface area contributed by atoms with E-state index in [9.17, 15) is 4.79 Å². The number of benzene rings is 3. The van der Waals surface area contributed by atoms with Crippen molar-refractivity contribution < 1.29 is 4.74 Å². The van der Waals surface area contributed by atoms with E-state index in [4.69, 9.17) is 9.72 Å². The van der Waals surface area contributed by atoms with Gasteiger partial charge in [-0.25, -0.2) is 9.67 Å². The van der Waals surface area contributed by atoms with Crippen molar-refractivity contribution in [3.05, 3.63) is 99.9 Å². The number of nitrogens with zero attached hydrogens (tertiary/aromatic N) is 4. The number of aromatic nitrogens is 4. The fourth-order valence-electron chi connectivity index (χ4n) is 3.57. The molecule has 0 atom stereocenters. The molecule has 5 aromatic rings. The van der Waals surface area contributed by atoms with Gasteiger partial charge in [0.1, 0.15) is 17.0 Å². The van der Waals surface area contributed by atoms with Crippen molar-refractivity contribution in [2.24, 2.45) is 0 Å². The molecule has 158 valence electrons. The summed E-state index contributed by atoms with van der Waals surface area (Å²) in [4.78, 5) is 18.5. The zero-order valence-electron chi connectivity index (χ0n) is 17.3. The van der Waals surface area contributed by atoms with Crippen molar-refractivity contribution in [3.63, 3.8) is 0 Å². The van der Waals surface area contributed by atoms with Gasteiger partial charge in [-0.15, -0.1) is 5.10 Å². The predicted octanol–water partition coefficient (Wildman–Crippen LogP) is 5.40. The molecule has 0 spiro atoms. The largest absolute Gasteiger partial charge is 0.494 e. The smallest absolute Gasteiger partial charge is 0.269 e. The Morgan fingerprint density at radius 3 is 2.31 bits per heavy atom. The average molecular weight is 487 g/mol. The minimum Gasteiger partial charge on any atom is -0.494 e. The van der Waals surface area contributed by atoms with E-state index in [1.165, 1.54) is 0 Å². The Morgan fingerprint density at radius 1 is 0.906 bits per heavy atom. The zero-order valence-corrected chi connectivity index (χ0v) is 18.9. The van der Waals surface area contributed by atoms with Gasteiger partial charge in [0.15, 0.2) is 5.65 Å². The van der Waals surface area contributed by atoms with E-state index >= 15 is 0 Å². The predicted molar refractivity (Wildman–Crippen MR) is 129 cm³/mol. The summed E-state index contributed by atoms with van der Waals surface area (Å²) in [7, 11) is 0. The van der Waals surface area contributed by atoms with Crippen molar-refractivity contribution in [3.8, 4) is 28.5 Å². The molecule has 0 aliphatic heterocycles. The number of ether oxygens (including phenoxy) is 1. The highest BCUT2D eigenvalue weighted by molar-refractivity contribution is 9.10. The van der Waals surface area contributed by atoms with Gasteiger partial charge in [0.25, 0.3) is 5.56 Å². The number of fused-ring (bicyclic) bond motifs is 1. The van der Waals surface area contributed by atoms with E-state index in [-0.39, 0.29) is 5.56 Å². The molecule has 6 nitrogen and oxygen atoms in total. The number of halogens is 1. The van der Waals surface area contributed by atoms with Gasteiger partial charge in [-0.05, 0) is 55.5 Å². The molecule has 0 aliphatic carbocycles. The molecule has 5 rings (SSSR count). The van der Waals surface area contributed by atoms with Crippen molar-refractivity contribution in [1.29, 1.82) is 0 Å². The van der Waals surface area contributed by atoms with Crippen LogP contribution in [0.5, 0.6) is 5.75 Å². The second-order valence-electron chi connectivity index (χ2n) is 7.16. The molecule has 0 saturated heterocycles. The monoisotopic (exact) mass is 486 g/mol. The fraction of sp³-hybridized carbons (Fsp3) is 0.0800. The van der Waals surface area contributed by atoms with E-state index in [1.807, 2.05) is 85.8 Å². The van der Waals surface area contributed by atoms with Gasteiger partial charge in [-0.2, -0.15) is 0 Å². The maximum absolute atomic E-state index is 13.7. The molecule has 3 aromatic carbocycles. The van der Waals surface area contributed by atoms with Crippen molar-refractivity contribution in [2.45, 2.75) is 6.92 Å². The number of hydrogen-bond donors (Lipinski definition) is 0. The first kappa shape index (κ1) is 20.2. The Bertz CT molecular complexity index is 1440. The molecule has 0 amide bonds. The molecule has 7 heteroatoms. The molecular weight excluding hydrogens is 468 g/mol. The lowest BCUT2D eigenvalue weighted by Gasteiger charge is -2.13. The highest BCUT2D eigenvalue weighted by atomic mass is 79.9. The third-order valence-electron chi connectivity index (χ3n) is 5.08. The van der Waals surface area contributed by atoms with Gasteiger partial charge < -0.3 is 4.74 Å². The van der Waals surface area contributed by atoms with Gasteiger partial charge >= 0.3 is 0 Å². The van der Waals surface area contributed by atoms with Crippen LogP contribution in [0.2, 0.25) is 0 Å². The molecular formula is C25H19BrN4O2. The summed E-state index contributed by atoms with van der Waals surface area (Å²) in [5.41, 5.74) is 2.61. The first-order valence-electron chi connectivity index (χ1n) is 10.2. The van der Waals surface area contributed by atoms with Crippen LogP contribution in [-0.4, -0.2) is 25.9 Å². The van der Waals surface area contributed by atoms with Crippen LogP contribution in [0.3, 0.4) is 0 Å². The van der Waals surface area contributed by atoms with E-state index < -0.39 is 0 Å². The van der Waals surface area contributed by atoms with Gasteiger partial charge in [0.2, 0.25) is 0 Å². The zero-order chi connectivity index (χ0) is 22.1. The highest BCUT2D eigenvalue weighted by Gasteiger charge is 2.17. The van der Waals surface area contributed by atoms with Crippen LogP contribution in [0.4, 0.5) is 0 Å². The van der Waals surface area contributed by atoms with E-state index in [0.29, 0.717) is 29.2 Å². The van der Waals surface area contributed by atoms with Crippen molar-refractivity contribution in [2.75, 3.05) is 6.61 Å². The summed E-state index contributed by atoms with van der Waals surface area (Å²) in [5.74, 6) is 1.28. The van der Waals surface area contributed by atoms with Gasteiger partial charge in [-0.3, -0.25) is 9.36 Å². The molecule has 32 heavy (non-hydrogen) atoms. The van der Waals surface area contributed by atoms with Crippen LogP contribution >= 0.6 is 15.9 Å². The third-order valence-corrected chi connectivity index (χ3v) is 5.61. The Morgan fingerprint density at radius 2 is 1.62 bits per heavy atom. The van der Waals surface area contributed by atoms with Crippen LogP contribution in [-0.2, 0) is 0 Å². The second kappa shape index (κ2) is 8.43. The molecule has 2 aromatic heterocycles.